The number of hydrogen-bond acceptors (Lipinski definition) is 3. The van der Waals surface area contributed by atoms with Gasteiger partial charge in [0.05, 0.1) is 11.4 Å². The summed E-state index contributed by atoms with van der Waals surface area (Å²) in [5.74, 6) is 6.23. The number of thiophene rings is 1. The number of hydrogen-bond donors (Lipinski definition) is 2. The second-order valence-electron chi connectivity index (χ2n) is 4.86. The summed E-state index contributed by atoms with van der Waals surface area (Å²) >= 11 is 1.56. The molecule has 1 amide bonds. The van der Waals surface area contributed by atoms with Gasteiger partial charge in [0.15, 0.2) is 0 Å². The molecule has 1 heterocycles. The Morgan fingerprint density at radius 2 is 2.21 bits per heavy atom. The van der Waals surface area contributed by atoms with Crippen molar-refractivity contribution in [2.75, 3.05) is 6.61 Å². The molecule has 0 bridgehead atoms. The Labute approximate surface area is 118 Å². The zero-order chi connectivity index (χ0) is 13.5. The van der Waals surface area contributed by atoms with Crippen molar-refractivity contribution in [1.82, 2.24) is 5.32 Å². The third-order valence-electron chi connectivity index (χ3n) is 3.36. The lowest BCUT2D eigenvalue weighted by Crippen LogP contribution is -2.24. The number of carbonyl (C=O) groups is 1. The molecule has 19 heavy (non-hydrogen) atoms. The summed E-state index contributed by atoms with van der Waals surface area (Å²) in [6.07, 6.45) is 5.62. The quantitative estimate of drug-likeness (QED) is 0.830. The Bertz CT molecular complexity index is 478. The van der Waals surface area contributed by atoms with E-state index in [1.807, 2.05) is 12.1 Å². The second-order valence-corrected chi connectivity index (χ2v) is 6.03. The maximum atomic E-state index is 11.8. The highest BCUT2D eigenvalue weighted by molar-refractivity contribution is 7.12. The van der Waals surface area contributed by atoms with Crippen LogP contribution in [0.5, 0.6) is 0 Å². The van der Waals surface area contributed by atoms with E-state index in [2.05, 4.69) is 17.2 Å². The highest BCUT2D eigenvalue weighted by atomic mass is 32.1. The molecule has 1 aromatic rings. The van der Waals surface area contributed by atoms with Crippen LogP contribution in [0.25, 0.3) is 0 Å². The summed E-state index contributed by atoms with van der Waals surface area (Å²) < 4.78 is 0. The Hall–Kier alpha value is -1.31. The van der Waals surface area contributed by atoms with Crippen molar-refractivity contribution in [3.63, 3.8) is 0 Å². The topological polar surface area (TPSA) is 49.3 Å². The lowest BCUT2D eigenvalue weighted by Gasteiger charge is -2.08. The fraction of sp³-hybridized carbons (Fsp3) is 0.533. The summed E-state index contributed by atoms with van der Waals surface area (Å²) in [5.41, 5.74) is 0. The Morgan fingerprint density at radius 3 is 2.95 bits per heavy atom. The van der Waals surface area contributed by atoms with Crippen molar-refractivity contribution in [3.05, 3.63) is 21.9 Å². The molecule has 0 saturated heterocycles. The van der Waals surface area contributed by atoms with Crippen LogP contribution in [0.4, 0.5) is 0 Å². The normalized spacial score (nSPS) is 15.0. The minimum absolute atomic E-state index is 0.120. The predicted molar refractivity (Wildman–Crippen MR) is 76.7 cm³/mol. The SMILES string of the molecule is O=C(CC1CCCC1)NCc1ccc(C#CCO)s1. The lowest BCUT2D eigenvalue weighted by molar-refractivity contribution is -0.122. The second kappa shape index (κ2) is 7.32. The van der Waals surface area contributed by atoms with Crippen LogP contribution in [0.15, 0.2) is 12.1 Å². The number of carbonyl (C=O) groups excluding carboxylic acids is 1. The monoisotopic (exact) mass is 277 g/mol. The fourth-order valence-corrected chi connectivity index (χ4v) is 3.22. The molecule has 1 saturated carbocycles. The molecule has 0 spiro atoms. The van der Waals surface area contributed by atoms with Crippen molar-refractivity contribution in [1.29, 1.82) is 0 Å². The number of amides is 1. The molecule has 1 aliphatic carbocycles. The van der Waals surface area contributed by atoms with Crippen LogP contribution in [0, 0.1) is 17.8 Å². The van der Waals surface area contributed by atoms with E-state index in [-0.39, 0.29) is 12.5 Å². The first-order valence-corrected chi connectivity index (χ1v) is 7.54. The van der Waals surface area contributed by atoms with Crippen molar-refractivity contribution < 1.29 is 9.90 Å². The molecule has 0 atom stereocenters. The van der Waals surface area contributed by atoms with Crippen molar-refractivity contribution in [2.45, 2.75) is 38.6 Å². The molecule has 2 rings (SSSR count). The molecule has 0 radical (unpaired) electrons. The van der Waals surface area contributed by atoms with Crippen LogP contribution >= 0.6 is 11.3 Å². The molecule has 1 aromatic heterocycles. The van der Waals surface area contributed by atoms with Crippen LogP contribution in [-0.4, -0.2) is 17.6 Å². The van der Waals surface area contributed by atoms with Gasteiger partial charge in [0.25, 0.3) is 0 Å². The van der Waals surface area contributed by atoms with E-state index in [0.29, 0.717) is 18.9 Å². The van der Waals surface area contributed by atoms with Crippen molar-refractivity contribution in [2.24, 2.45) is 5.92 Å². The molecule has 3 nitrogen and oxygen atoms in total. The Balaban J connectivity index is 1.75. The third kappa shape index (κ3) is 4.70. The molecule has 4 heteroatoms. The van der Waals surface area contributed by atoms with Crippen LogP contribution < -0.4 is 5.32 Å². The van der Waals surface area contributed by atoms with E-state index in [9.17, 15) is 4.79 Å². The molecule has 0 aliphatic heterocycles. The molecule has 0 aromatic carbocycles. The molecule has 0 unspecified atom stereocenters. The minimum atomic E-state index is -0.120. The fourth-order valence-electron chi connectivity index (χ4n) is 2.40. The van der Waals surface area contributed by atoms with Crippen LogP contribution in [0.1, 0.15) is 41.9 Å². The predicted octanol–water partition coefficient (Wildman–Crippen LogP) is 2.29. The standard InChI is InChI=1S/C15H19NO2S/c17-9-3-6-13-7-8-14(19-13)11-16-15(18)10-12-4-1-2-5-12/h7-8,12,17H,1-2,4-5,9-11H2,(H,16,18). The van der Waals surface area contributed by atoms with Gasteiger partial charge < -0.3 is 10.4 Å². The highest BCUT2D eigenvalue weighted by Crippen LogP contribution is 2.27. The van der Waals surface area contributed by atoms with Crippen LogP contribution in [0.2, 0.25) is 0 Å². The number of nitrogens with one attached hydrogen (secondary N) is 1. The van der Waals surface area contributed by atoms with Crippen LogP contribution in [-0.2, 0) is 11.3 Å². The van der Waals surface area contributed by atoms with Crippen molar-refractivity contribution in [3.8, 4) is 11.8 Å². The first-order chi connectivity index (χ1) is 9.28. The van der Waals surface area contributed by atoms with Gasteiger partial charge in [0, 0.05) is 11.3 Å². The minimum Gasteiger partial charge on any atom is -0.384 e. The average molecular weight is 277 g/mol. The van der Waals surface area contributed by atoms with E-state index in [0.717, 1.165) is 9.75 Å². The van der Waals surface area contributed by atoms with E-state index < -0.39 is 0 Å². The molecular formula is C15H19NO2S. The summed E-state index contributed by atoms with van der Waals surface area (Å²) in [4.78, 5) is 13.8. The van der Waals surface area contributed by atoms with E-state index in [1.165, 1.54) is 25.7 Å². The van der Waals surface area contributed by atoms with E-state index >= 15 is 0 Å². The van der Waals surface area contributed by atoms with Gasteiger partial charge in [-0.05, 0) is 30.9 Å². The number of rotatable bonds is 4. The van der Waals surface area contributed by atoms with Gasteiger partial charge >= 0.3 is 0 Å². The molecule has 1 fully saturated rings. The summed E-state index contributed by atoms with van der Waals surface area (Å²) in [6, 6.07) is 3.90. The summed E-state index contributed by atoms with van der Waals surface area (Å²) in [5, 5.41) is 11.6. The molecule has 102 valence electrons. The van der Waals surface area contributed by atoms with Gasteiger partial charge in [-0.3, -0.25) is 4.79 Å². The maximum Gasteiger partial charge on any atom is 0.220 e. The average Bonchev–Trinajstić information content (AvgIpc) is 3.05. The molecular weight excluding hydrogens is 258 g/mol. The summed E-state index contributed by atoms with van der Waals surface area (Å²) in [6.45, 7) is 0.461. The summed E-state index contributed by atoms with van der Waals surface area (Å²) in [7, 11) is 0. The van der Waals surface area contributed by atoms with Gasteiger partial charge in [-0.25, -0.2) is 0 Å². The van der Waals surface area contributed by atoms with Gasteiger partial charge in [0.2, 0.25) is 5.91 Å². The lowest BCUT2D eigenvalue weighted by atomic mass is 10.0. The molecule has 1 aliphatic rings. The zero-order valence-electron chi connectivity index (χ0n) is 10.9. The third-order valence-corrected chi connectivity index (χ3v) is 4.36. The van der Waals surface area contributed by atoms with Crippen LogP contribution in [0.3, 0.4) is 0 Å². The number of aliphatic hydroxyl groups excluding tert-OH is 1. The molecule has 2 N–H and O–H groups in total. The largest absolute Gasteiger partial charge is 0.384 e. The van der Waals surface area contributed by atoms with Crippen molar-refractivity contribution >= 4 is 17.2 Å². The first-order valence-electron chi connectivity index (χ1n) is 6.73. The maximum absolute atomic E-state index is 11.8. The first kappa shape index (κ1) is 14.1. The van der Waals surface area contributed by atoms with Gasteiger partial charge in [0.1, 0.15) is 6.61 Å². The Morgan fingerprint density at radius 1 is 1.42 bits per heavy atom. The Kier molecular flexibility index (Phi) is 5.44. The van der Waals surface area contributed by atoms with Gasteiger partial charge in [-0.15, -0.1) is 11.3 Å². The smallest absolute Gasteiger partial charge is 0.220 e. The van der Waals surface area contributed by atoms with Gasteiger partial charge in [-0.2, -0.15) is 0 Å². The van der Waals surface area contributed by atoms with E-state index in [1.54, 1.807) is 11.3 Å². The highest BCUT2D eigenvalue weighted by Gasteiger charge is 2.18. The zero-order valence-corrected chi connectivity index (χ0v) is 11.8. The number of aliphatic hydroxyl groups is 1. The van der Waals surface area contributed by atoms with Gasteiger partial charge in [-0.1, -0.05) is 24.7 Å². The van der Waals surface area contributed by atoms with E-state index in [4.69, 9.17) is 5.11 Å².